The summed E-state index contributed by atoms with van der Waals surface area (Å²) >= 11 is 1.05. The van der Waals surface area contributed by atoms with E-state index < -0.39 is 59.0 Å². The van der Waals surface area contributed by atoms with Gasteiger partial charge < -0.3 is 25.8 Å². The number of nitrogens with one attached hydrogen (secondary N) is 2. The molecule has 0 bridgehead atoms. The van der Waals surface area contributed by atoms with Crippen LogP contribution in [0.25, 0.3) is 0 Å². The third-order valence-corrected chi connectivity index (χ3v) is 7.35. The smallest absolute Gasteiger partial charge is 0.329 e. The third kappa shape index (κ3) is 7.57. The summed E-state index contributed by atoms with van der Waals surface area (Å²) in [5.74, 6) is -3.03. The molecule has 0 spiro atoms. The first kappa shape index (κ1) is 24.7. The lowest BCUT2D eigenvalue weighted by molar-refractivity contribution is -0.150. The number of carbonyl (C=O) groups is 4. The van der Waals surface area contributed by atoms with Gasteiger partial charge in [0.05, 0.1) is 0 Å². The molecule has 1 aromatic heterocycles. The van der Waals surface area contributed by atoms with Gasteiger partial charge in [0.1, 0.15) is 23.5 Å². The monoisotopic (exact) mass is 476 g/mol. The molecule has 0 aliphatic carbocycles. The van der Waals surface area contributed by atoms with Crippen LogP contribution >= 0.6 is 11.3 Å². The predicted octanol–water partition coefficient (Wildman–Crippen LogP) is -1.52. The molecule has 2 atom stereocenters. The minimum atomic E-state index is -3.77. The molecule has 0 unspecified atom stereocenters. The molecule has 0 aromatic carbocycles. The number of thiophene rings is 1. The number of aliphatic carboxylic acids is 1. The molecule has 5 N–H and O–H groups in total. The number of carboxylic acid groups (broad SMARTS) is 1. The Kier molecular flexibility index (Phi) is 8.91. The van der Waals surface area contributed by atoms with Gasteiger partial charge in [0.25, 0.3) is 0 Å². The lowest BCUT2D eigenvalue weighted by atomic mass is 9.97. The van der Waals surface area contributed by atoms with E-state index in [1.165, 1.54) is 11.0 Å². The zero-order chi connectivity index (χ0) is 23.0. The van der Waals surface area contributed by atoms with Crippen molar-refractivity contribution in [2.24, 2.45) is 5.73 Å². The SMILES string of the molecule is NC(=O)CCNC(=O)[C@@H]1C[C@H](NS(=O)(=O)c2cccs2)CCN1C(=O)COCC(=O)O. The average molecular weight is 477 g/mol. The Morgan fingerprint density at radius 2 is 2.03 bits per heavy atom. The lowest BCUT2D eigenvalue weighted by Crippen LogP contribution is -2.58. The van der Waals surface area contributed by atoms with Gasteiger partial charge in [0.15, 0.2) is 0 Å². The summed E-state index contributed by atoms with van der Waals surface area (Å²) in [4.78, 5) is 47.8. The van der Waals surface area contributed by atoms with Crippen LogP contribution in [0.4, 0.5) is 0 Å². The number of nitrogens with zero attached hydrogens (tertiary/aromatic N) is 1. The summed E-state index contributed by atoms with van der Waals surface area (Å²) in [6.07, 6.45) is 0.153. The van der Waals surface area contributed by atoms with Crippen LogP contribution in [-0.2, 0) is 33.9 Å². The van der Waals surface area contributed by atoms with Crippen molar-refractivity contribution in [3.63, 3.8) is 0 Å². The first-order valence-electron chi connectivity index (χ1n) is 9.31. The van der Waals surface area contributed by atoms with Crippen molar-refractivity contribution in [3.05, 3.63) is 17.5 Å². The summed E-state index contributed by atoms with van der Waals surface area (Å²) < 4.78 is 32.5. The first-order valence-corrected chi connectivity index (χ1v) is 11.7. The maximum absolute atomic E-state index is 12.6. The molecule has 2 heterocycles. The molecule has 1 aliphatic heterocycles. The molecule has 0 radical (unpaired) electrons. The molecule has 14 heteroatoms. The molecule has 0 saturated carbocycles. The number of hydrogen-bond donors (Lipinski definition) is 4. The second kappa shape index (κ2) is 11.2. The highest BCUT2D eigenvalue weighted by Gasteiger charge is 2.37. The molecule has 1 fully saturated rings. The van der Waals surface area contributed by atoms with Gasteiger partial charge in [-0.1, -0.05) is 6.07 Å². The van der Waals surface area contributed by atoms with Crippen LogP contribution in [-0.4, -0.2) is 80.5 Å². The van der Waals surface area contributed by atoms with Crippen LogP contribution < -0.4 is 15.8 Å². The van der Waals surface area contributed by atoms with E-state index in [0.29, 0.717) is 0 Å². The Labute approximate surface area is 182 Å². The normalized spacial score (nSPS) is 19.0. The topological polar surface area (TPSA) is 185 Å². The van der Waals surface area contributed by atoms with Crippen LogP contribution in [0, 0.1) is 0 Å². The first-order chi connectivity index (χ1) is 14.6. The van der Waals surface area contributed by atoms with Gasteiger partial charge in [-0.05, 0) is 24.3 Å². The van der Waals surface area contributed by atoms with Gasteiger partial charge in [-0.25, -0.2) is 17.9 Å². The van der Waals surface area contributed by atoms with E-state index in [-0.39, 0.29) is 36.6 Å². The fourth-order valence-corrected chi connectivity index (χ4v) is 5.34. The lowest BCUT2D eigenvalue weighted by Gasteiger charge is -2.38. The maximum atomic E-state index is 12.6. The Bertz CT molecular complexity index is 903. The molecule has 3 amide bonds. The number of carbonyl (C=O) groups excluding carboxylic acids is 3. The van der Waals surface area contributed by atoms with Crippen LogP contribution in [0.1, 0.15) is 19.3 Å². The largest absolute Gasteiger partial charge is 0.480 e. The van der Waals surface area contributed by atoms with Crippen molar-refractivity contribution in [2.75, 3.05) is 26.3 Å². The summed E-state index contributed by atoms with van der Waals surface area (Å²) in [5.41, 5.74) is 5.05. The highest BCUT2D eigenvalue weighted by molar-refractivity contribution is 7.91. The van der Waals surface area contributed by atoms with Crippen LogP contribution in [0.3, 0.4) is 0 Å². The predicted molar refractivity (Wildman–Crippen MR) is 108 cm³/mol. The second-order valence-corrected chi connectivity index (χ2v) is 9.66. The second-order valence-electron chi connectivity index (χ2n) is 6.77. The summed E-state index contributed by atoms with van der Waals surface area (Å²) in [6.45, 7) is -1.18. The highest BCUT2D eigenvalue weighted by Crippen LogP contribution is 2.22. The molecule has 172 valence electrons. The number of amides is 3. The van der Waals surface area contributed by atoms with Crippen molar-refractivity contribution in [1.82, 2.24) is 14.9 Å². The summed E-state index contributed by atoms with van der Waals surface area (Å²) in [5, 5.41) is 12.8. The maximum Gasteiger partial charge on any atom is 0.329 e. The van der Waals surface area contributed by atoms with Gasteiger partial charge in [0, 0.05) is 25.6 Å². The van der Waals surface area contributed by atoms with Gasteiger partial charge in [0.2, 0.25) is 27.7 Å². The van der Waals surface area contributed by atoms with E-state index in [2.05, 4.69) is 10.0 Å². The number of piperidine rings is 1. The standard InChI is InChI=1S/C17H24N4O8S2/c18-13(22)3-5-19-17(26)12-8-11(20-31(27,28)16-2-1-7-30-16)4-6-21(12)14(23)9-29-10-15(24)25/h1-2,7,11-12,20H,3-6,8-10H2,(H2,18,22)(H,19,26)(H,24,25)/t11-,12+/m1/s1. The van der Waals surface area contributed by atoms with E-state index >= 15 is 0 Å². The van der Waals surface area contributed by atoms with E-state index in [1.54, 1.807) is 11.4 Å². The number of ether oxygens (including phenoxy) is 1. The fraction of sp³-hybridized carbons (Fsp3) is 0.529. The number of carboxylic acids is 1. The van der Waals surface area contributed by atoms with E-state index in [4.69, 9.17) is 15.6 Å². The van der Waals surface area contributed by atoms with Gasteiger partial charge in [-0.2, -0.15) is 0 Å². The number of hydrogen-bond acceptors (Lipinski definition) is 8. The third-order valence-electron chi connectivity index (χ3n) is 4.43. The van der Waals surface area contributed by atoms with Gasteiger partial charge >= 0.3 is 5.97 Å². The van der Waals surface area contributed by atoms with E-state index in [1.807, 2.05) is 0 Å². The zero-order valence-corrected chi connectivity index (χ0v) is 18.1. The Balaban J connectivity index is 2.08. The Morgan fingerprint density at radius 1 is 1.29 bits per heavy atom. The van der Waals surface area contributed by atoms with Gasteiger partial charge in [-0.3, -0.25) is 14.4 Å². The quantitative estimate of drug-likeness (QED) is 0.296. The van der Waals surface area contributed by atoms with Gasteiger partial charge in [-0.15, -0.1) is 11.3 Å². The van der Waals surface area contributed by atoms with Crippen molar-refractivity contribution in [1.29, 1.82) is 0 Å². The van der Waals surface area contributed by atoms with Crippen molar-refractivity contribution < 1.29 is 37.4 Å². The number of likely N-dealkylation sites (tertiary alicyclic amines) is 1. The molecular weight excluding hydrogens is 452 g/mol. The minimum absolute atomic E-state index is 0.00230. The number of sulfonamides is 1. The summed E-state index contributed by atoms with van der Waals surface area (Å²) in [7, 11) is -3.77. The molecular formula is C17H24N4O8S2. The van der Waals surface area contributed by atoms with Crippen molar-refractivity contribution in [3.8, 4) is 0 Å². The minimum Gasteiger partial charge on any atom is -0.480 e. The van der Waals surface area contributed by atoms with E-state index in [0.717, 1.165) is 11.3 Å². The van der Waals surface area contributed by atoms with Crippen LogP contribution in [0.2, 0.25) is 0 Å². The molecule has 31 heavy (non-hydrogen) atoms. The molecule has 1 aromatic rings. The van der Waals surface area contributed by atoms with Crippen molar-refractivity contribution in [2.45, 2.75) is 35.6 Å². The van der Waals surface area contributed by atoms with Crippen LogP contribution in [0.15, 0.2) is 21.7 Å². The fourth-order valence-electron chi connectivity index (χ4n) is 3.05. The summed E-state index contributed by atoms with van der Waals surface area (Å²) in [6, 6.07) is 1.42. The Hall–Kier alpha value is -2.55. The Morgan fingerprint density at radius 3 is 2.65 bits per heavy atom. The number of rotatable bonds is 11. The number of nitrogens with two attached hydrogens (primary N) is 1. The average Bonchev–Trinajstić information content (AvgIpc) is 3.22. The molecule has 2 rings (SSSR count). The van der Waals surface area contributed by atoms with Crippen molar-refractivity contribution >= 4 is 45.1 Å². The zero-order valence-electron chi connectivity index (χ0n) is 16.5. The molecule has 1 aliphatic rings. The number of primary amides is 1. The molecule has 12 nitrogen and oxygen atoms in total. The highest BCUT2D eigenvalue weighted by atomic mass is 32.2. The van der Waals surface area contributed by atoms with Crippen LogP contribution in [0.5, 0.6) is 0 Å². The van der Waals surface area contributed by atoms with E-state index in [9.17, 15) is 27.6 Å². The molecule has 1 saturated heterocycles.